The van der Waals surface area contributed by atoms with Gasteiger partial charge in [-0.05, 0) is 7.05 Å². The van der Waals surface area contributed by atoms with Crippen LogP contribution in [0.15, 0.2) is 18.2 Å². The van der Waals surface area contributed by atoms with Gasteiger partial charge in [0.25, 0.3) is 0 Å². The number of rotatable bonds is 7. The van der Waals surface area contributed by atoms with E-state index in [1.54, 1.807) is 37.3 Å². The van der Waals surface area contributed by atoms with Gasteiger partial charge in [0.05, 0.1) is 25.8 Å². The molecule has 1 saturated heterocycles. The minimum absolute atomic E-state index is 0.0749. The molecule has 23 heavy (non-hydrogen) atoms. The van der Waals surface area contributed by atoms with Crippen LogP contribution in [-0.2, 0) is 9.59 Å². The summed E-state index contributed by atoms with van der Waals surface area (Å²) in [7, 11) is 4.94. The standard InChI is InChI=1S/C16H23N3O4/c1-17-4-5-18-16(21)11-6-15(20)19(10-11)12-7-13(22-2)9-14(8-12)23-3/h7-9,11,17H,4-6,10H2,1-3H3,(H,18,21). The lowest BCUT2D eigenvalue weighted by molar-refractivity contribution is -0.126. The predicted molar refractivity (Wildman–Crippen MR) is 86.9 cm³/mol. The summed E-state index contributed by atoms with van der Waals surface area (Å²) in [6.45, 7) is 1.61. The molecule has 2 N–H and O–H groups in total. The van der Waals surface area contributed by atoms with Crippen LogP contribution < -0.4 is 25.0 Å². The fourth-order valence-electron chi connectivity index (χ4n) is 2.54. The van der Waals surface area contributed by atoms with Crippen molar-refractivity contribution in [2.45, 2.75) is 6.42 Å². The van der Waals surface area contributed by atoms with E-state index in [0.29, 0.717) is 36.8 Å². The Morgan fingerprint density at radius 1 is 1.22 bits per heavy atom. The maximum absolute atomic E-state index is 12.3. The van der Waals surface area contributed by atoms with Crippen molar-refractivity contribution in [2.75, 3.05) is 45.8 Å². The molecule has 0 saturated carbocycles. The van der Waals surface area contributed by atoms with Gasteiger partial charge in [-0.1, -0.05) is 0 Å². The maximum Gasteiger partial charge on any atom is 0.227 e. The van der Waals surface area contributed by atoms with Crippen LogP contribution in [0.25, 0.3) is 0 Å². The van der Waals surface area contributed by atoms with E-state index in [1.807, 2.05) is 7.05 Å². The van der Waals surface area contributed by atoms with Crippen LogP contribution >= 0.6 is 0 Å². The third-order valence-electron chi connectivity index (χ3n) is 3.82. The van der Waals surface area contributed by atoms with Gasteiger partial charge in [-0.15, -0.1) is 0 Å². The van der Waals surface area contributed by atoms with Crippen molar-refractivity contribution >= 4 is 17.5 Å². The van der Waals surface area contributed by atoms with Crippen molar-refractivity contribution in [1.82, 2.24) is 10.6 Å². The van der Waals surface area contributed by atoms with Gasteiger partial charge in [-0.3, -0.25) is 9.59 Å². The monoisotopic (exact) mass is 321 g/mol. The number of amides is 2. The molecule has 0 radical (unpaired) electrons. The lowest BCUT2D eigenvalue weighted by atomic mass is 10.1. The van der Waals surface area contributed by atoms with Gasteiger partial charge in [0.15, 0.2) is 0 Å². The molecule has 1 aromatic carbocycles. The Morgan fingerprint density at radius 2 is 1.87 bits per heavy atom. The second-order valence-electron chi connectivity index (χ2n) is 5.37. The van der Waals surface area contributed by atoms with Crippen LogP contribution in [0.4, 0.5) is 5.69 Å². The molecule has 2 amide bonds. The number of methoxy groups -OCH3 is 2. The van der Waals surface area contributed by atoms with Crippen LogP contribution in [0.2, 0.25) is 0 Å². The number of hydrogen-bond acceptors (Lipinski definition) is 5. The first-order chi connectivity index (χ1) is 11.1. The van der Waals surface area contributed by atoms with Gasteiger partial charge in [0.1, 0.15) is 11.5 Å². The molecule has 2 rings (SSSR count). The van der Waals surface area contributed by atoms with E-state index in [2.05, 4.69) is 10.6 Å². The fourth-order valence-corrected chi connectivity index (χ4v) is 2.54. The minimum Gasteiger partial charge on any atom is -0.497 e. The van der Waals surface area contributed by atoms with Gasteiger partial charge in [-0.25, -0.2) is 0 Å². The molecule has 126 valence electrons. The molecule has 7 nitrogen and oxygen atoms in total. The number of hydrogen-bond donors (Lipinski definition) is 2. The first-order valence-corrected chi connectivity index (χ1v) is 7.54. The summed E-state index contributed by atoms with van der Waals surface area (Å²) in [5.74, 6) is 0.708. The number of nitrogens with one attached hydrogen (secondary N) is 2. The molecule has 1 aliphatic rings. The molecule has 1 heterocycles. The molecule has 0 bridgehead atoms. The first-order valence-electron chi connectivity index (χ1n) is 7.54. The molecule has 1 unspecified atom stereocenters. The predicted octanol–water partition coefficient (Wildman–Crippen LogP) is 0.392. The first kappa shape index (κ1) is 17.1. The van der Waals surface area contributed by atoms with E-state index in [0.717, 1.165) is 0 Å². The quantitative estimate of drug-likeness (QED) is 0.710. The zero-order valence-electron chi connectivity index (χ0n) is 13.7. The van der Waals surface area contributed by atoms with Crippen molar-refractivity contribution in [2.24, 2.45) is 5.92 Å². The van der Waals surface area contributed by atoms with Gasteiger partial charge in [0, 0.05) is 44.3 Å². The Kier molecular flexibility index (Phi) is 5.81. The van der Waals surface area contributed by atoms with Gasteiger partial charge < -0.3 is 25.0 Å². The number of ether oxygens (including phenoxy) is 2. The average Bonchev–Trinajstić information content (AvgIpc) is 2.96. The summed E-state index contributed by atoms with van der Waals surface area (Å²) in [6, 6.07) is 5.27. The van der Waals surface area contributed by atoms with Crippen molar-refractivity contribution in [3.05, 3.63) is 18.2 Å². The molecule has 1 aliphatic heterocycles. The molecular weight excluding hydrogens is 298 g/mol. The molecule has 1 aromatic rings. The summed E-state index contributed by atoms with van der Waals surface area (Å²) < 4.78 is 10.5. The Hall–Kier alpha value is -2.28. The van der Waals surface area contributed by atoms with Crippen molar-refractivity contribution < 1.29 is 19.1 Å². The molecule has 0 aromatic heterocycles. The number of nitrogens with zero attached hydrogens (tertiary/aromatic N) is 1. The molecular formula is C16H23N3O4. The van der Waals surface area contributed by atoms with Crippen molar-refractivity contribution in [3.8, 4) is 11.5 Å². The van der Waals surface area contributed by atoms with Gasteiger partial charge in [0.2, 0.25) is 11.8 Å². The van der Waals surface area contributed by atoms with E-state index in [1.165, 1.54) is 0 Å². The largest absolute Gasteiger partial charge is 0.497 e. The van der Waals surface area contributed by atoms with Gasteiger partial charge >= 0.3 is 0 Å². The zero-order valence-corrected chi connectivity index (χ0v) is 13.7. The second-order valence-corrected chi connectivity index (χ2v) is 5.37. The Bertz CT molecular complexity index is 554. The van der Waals surface area contributed by atoms with Crippen LogP contribution in [-0.4, -0.2) is 52.7 Å². The lowest BCUT2D eigenvalue weighted by Gasteiger charge is -2.18. The number of carbonyl (C=O) groups is 2. The molecule has 0 aliphatic carbocycles. The number of likely N-dealkylation sites (N-methyl/N-ethyl adjacent to an activating group) is 1. The third kappa shape index (κ3) is 4.13. The molecule has 7 heteroatoms. The minimum atomic E-state index is -0.337. The summed E-state index contributed by atoms with van der Waals surface area (Å²) in [4.78, 5) is 26.0. The van der Waals surface area contributed by atoms with E-state index in [-0.39, 0.29) is 24.2 Å². The van der Waals surface area contributed by atoms with Crippen molar-refractivity contribution in [3.63, 3.8) is 0 Å². The van der Waals surface area contributed by atoms with E-state index in [9.17, 15) is 9.59 Å². The summed E-state index contributed by atoms with van der Waals surface area (Å²) >= 11 is 0. The highest BCUT2D eigenvalue weighted by Gasteiger charge is 2.35. The molecule has 1 atom stereocenters. The van der Waals surface area contributed by atoms with E-state index < -0.39 is 0 Å². The highest BCUT2D eigenvalue weighted by molar-refractivity contribution is 6.00. The smallest absolute Gasteiger partial charge is 0.227 e. The number of carbonyl (C=O) groups excluding carboxylic acids is 2. The summed E-state index contributed by atoms with van der Waals surface area (Å²) in [6.07, 6.45) is 0.213. The van der Waals surface area contributed by atoms with E-state index >= 15 is 0 Å². The highest BCUT2D eigenvalue weighted by Crippen LogP contribution is 2.32. The van der Waals surface area contributed by atoms with Crippen molar-refractivity contribution in [1.29, 1.82) is 0 Å². The molecule has 0 spiro atoms. The average molecular weight is 321 g/mol. The summed E-state index contributed by atoms with van der Waals surface area (Å²) in [5, 5.41) is 5.80. The topological polar surface area (TPSA) is 79.9 Å². The normalized spacial score (nSPS) is 17.3. The number of anilines is 1. The highest BCUT2D eigenvalue weighted by atomic mass is 16.5. The Labute approximate surface area is 135 Å². The number of benzene rings is 1. The van der Waals surface area contributed by atoms with Crippen LogP contribution in [0.1, 0.15) is 6.42 Å². The van der Waals surface area contributed by atoms with Crippen LogP contribution in [0.5, 0.6) is 11.5 Å². The van der Waals surface area contributed by atoms with Gasteiger partial charge in [-0.2, -0.15) is 0 Å². The SMILES string of the molecule is CNCCNC(=O)C1CC(=O)N(c2cc(OC)cc(OC)c2)C1. The Morgan fingerprint density at radius 3 is 2.43 bits per heavy atom. The Balaban J connectivity index is 2.09. The molecule has 1 fully saturated rings. The zero-order chi connectivity index (χ0) is 16.8. The van der Waals surface area contributed by atoms with E-state index in [4.69, 9.17) is 9.47 Å². The maximum atomic E-state index is 12.3. The fraction of sp³-hybridized carbons (Fsp3) is 0.500. The lowest BCUT2D eigenvalue weighted by Crippen LogP contribution is -2.36. The third-order valence-corrected chi connectivity index (χ3v) is 3.82. The van der Waals surface area contributed by atoms with Crippen LogP contribution in [0.3, 0.4) is 0 Å². The van der Waals surface area contributed by atoms with Crippen LogP contribution in [0, 0.1) is 5.92 Å². The second kappa shape index (κ2) is 7.82. The summed E-state index contributed by atoms with van der Waals surface area (Å²) in [5.41, 5.74) is 0.678.